The molecular weight excluding hydrogens is 258 g/mol. The first kappa shape index (κ1) is 11.8. The fourth-order valence-corrected chi connectivity index (χ4v) is 2.36. The van der Waals surface area contributed by atoms with Crippen LogP contribution in [0.2, 0.25) is 5.02 Å². The molecule has 0 unspecified atom stereocenters. The van der Waals surface area contributed by atoms with Gasteiger partial charge in [-0.2, -0.15) is 10.4 Å². The summed E-state index contributed by atoms with van der Waals surface area (Å²) >= 11 is 6.21. The Morgan fingerprint density at radius 3 is 2.89 bits per heavy atom. The summed E-state index contributed by atoms with van der Waals surface area (Å²) in [6, 6.07) is 13.9. The van der Waals surface area contributed by atoms with Crippen LogP contribution in [0.3, 0.4) is 0 Å². The van der Waals surface area contributed by atoms with E-state index in [0.717, 1.165) is 22.2 Å². The third-order valence-corrected chi connectivity index (χ3v) is 3.39. The van der Waals surface area contributed by atoms with E-state index in [9.17, 15) is 0 Å². The van der Waals surface area contributed by atoms with Crippen molar-refractivity contribution in [3.8, 4) is 17.2 Å². The van der Waals surface area contributed by atoms with Gasteiger partial charge in [0, 0.05) is 22.3 Å². The summed E-state index contributed by atoms with van der Waals surface area (Å²) in [7, 11) is 0. The predicted molar refractivity (Wildman–Crippen MR) is 75.0 cm³/mol. The number of pyridine rings is 1. The molecule has 0 saturated carbocycles. The van der Waals surface area contributed by atoms with Gasteiger partial charge in [0.25, 0.3) is 0 Å². The molecule has 4 heteroatoms. The Morgan fingerprint density at radius 1 is 1.26 bits per heavy atom. The Balaban J connectivity index is 2.19. The highest BCUT2D eigenvalue weighted by molar-refractivity contribution is 6.33. The SMILES string of the molecule is N#CCc1cnn2ccc(-c3ccccc3Cl)cc12. The molecule has 0 aliphatic rings. The molecule has 19 heavy (non-hydrogen) atoms. The van der Waals surface area contributed by atoms with E-state index in [1.165, 1.54) is 0 Å². The molecule has 1 aromatic carbocycles. The summed E-state index contributed by atoms with van der Waals surface area (Å²) in [5.74, 6) is 0. The van der Waals surface area contributed by atoms with E-state index >= 15 is 0 Å². The van der Waals surface area contributed by atoms with Gasteiger partial charge >= 0.3 is 0 Å². The van der Waals surface area contributed by atoms with Crippen LogP contribution in [0.15, 0.2) is 48.8 Å². The first-order chi connectivity index (χ1) is 9.29. The Labute approximate surface area is 115 Å². The van der Waals surface area contributed by atoms with Crippen molar-refractivity contribution in [3.05, 3.63) is 59.4 Å². The average molecular weight is 268 g/mol. The molecule has 2 aromatic heterocycles. The van der Waals surface area contributed by atoms with Crippen molar-refractivity contribution < 1.29 is 0 Å². The smallest absolute Gasteiger partial charge is 0.0710 e. The van der Waals surface area contributed by atoms with Gasteiger partial charge in [0.15, 0.2) is 0 Å². The van der Waals surface area contributed by atoms with Gasteiger partial charge in [0.05, 0.1) is 24.2 Å². The number of benzene rings is 1. The van der Waals surface area contributed by atoms with E-state index in [0.29, 0.717) is 11.4 Å². The second-order valence-corrected chi connectivity index (χ2v) is 4.64. The van der Waals surface area contributed by atoms with Crippen LogP contribution in [-0.4, -0.2) is 9.61 Å². The zero-order chi connectivity index (χ0) is 13.2. The van der Waals surface area contributed by atoms with Gasteiger partial charge in [-0.1, -0.05) is 29.8 Å². The van der Waals surface area contributed by atoms with Gasteiger partial charge < -0.3 is 0 Å². The van der Waals surface area contributed by atoms with E-state index in [-0.39, 0.29) is 0 Å². The van der Waals surface area contributed by atoms with E-state index in [4.69, 9.17) is 16.9 Å². The van der Waals surface area contributed by atoms with E-state index in [1.54, 1.807) is 10.7 Å². The van der Waals surface area contributed by atoms with Gasteiger partial charge in [0.2, 0.25) is 0 Å². The van der Waals surface area contributed by atoms with E-state index < -0.39 is 0 Å². The Hall–Kier alpha value is -2.31. The molecule has 0 aliphatic heterocycles. The zero-order valence-electron chi connectivity index (χ0n) is 10.0. The predicted octanol–water partition coefficient (Wildman–Crippen LogP) is 3.72. The maximum Gasteiger partial charge on any atom is 0.0710 e. The van der Waals surface area contributed by atoms with E-state index in [1.807, 2.05) is 42.6 Å². The van der Waals surface area contributed by atoms with Crippen LogP contribution in [0, 0.1) is 11.3 Å². The maximum atomic E-state index is 8.82. The highest BCUT2D eigenvalue weighted by Gasteiger charge is 2.07. The van der Waals surface area contributed by atoms with Crippen LogP contribution in [-0.2, 0) is 6.42 Å². The molecule has 0 aliphatic carbocycles. The lowest BCUT2D eigenvalue weighted by Crippen LogP contribution is -1.89. The largest absolute Gasteiger partial charge is 0.241 e. The molecule has 0 amide bonds. The van der Waals surface area contributed by atoms with Crippen molar-refractivity contribution in [2.45, 2.75) is 6.42 Å². The summed E-state index contributed by atoms with van der Waals surface area (Å²) in [5.41, 5.74) is 3.88. The van der Waals surface area contributed by atoms with Crippen LogP contribution in [0.5, 0.6) is 0 Å². The summed E-state index contributed by atoms with van der Waals surface area (Å²) in [6.07, 6.45) is 3.97. The fraction of sp³-hybridized carbons (Fsp3) is 0.0667. The number of halogens is 1. The van der Waals surface area contributed by atoms with Crippen molar-refractivity contribution in [3.63, 3.8) is 0 Å². The molecule has 0 fully saturated rings. The molecular formula is C15H10ClN3. The normalized spacial score (nSPS) is 10.5. The Morgan fingerprint density at radius 2 is 2.11 bits per heavy atom. The molecule has 92 valence electrons. The van der Waals surface area contributed by atoms with Gasteiger partial charge in [-0.15, -0.1) is 0 Å². The number of nitrogens with zero attached hydrogens (tertiary/aromatic N) is 3. The number of hydrogen-bond donors (Lipinski definition) is 0. The minimum absolute atomic E-state index is 0.357. The third kappa shape index (κ3) is 2.07. The number of hydrogen-bond acceptors (Lipinski definition) is 2. The molecule has 3 nitrogen and oxygen atoms in total. The van der Waals surface area contributed by atoms with Gasteiger partial charge in [-0.05, 0) is 23.8 Å². The minimum atomic E-state index is 0.357. The lowest BCUT2D eigenvalue weighted by atomic mass is 10.1. The fourth-order valence-electron chi connectivity index (χ4n) is 2.12. The molecule has 3 aromatic rings. The molecule has 0 spiro atoms. The third-order valence-electron chi connectivity index (χ3n) is 3.06. The first-order valence-corrected chi connectivity index (χ1v) is 6.25. The highest BCUT2D eigenvalue weighted by Crippen LogP contribution is 2.28. The van der Waals surface area contributed by atoms with Crippen LogP contribution >= 0.6 is 11.6 Å². The van der Waals surface area contributed by atoms with Crippen molar-refractivity contribution in [2.24, 2.45) is 0 Å². The van der Waals surface area contributed by atoms with Gasteiger partial charge in [-0.25, -0.2) is 4.52 Å². The maximum absolute atomic E-state index is 8.82. The van der Waals surface area contributed by atoms with Gasteiger partial charge in [-0.3, -0.25) is 0 Å². The van der Waals surface area contributed by atoms with Crippen LogP contribution in [0.4, 0.5) is 0 Å². The molecule has 0 saturated heterocycles. The lowest BCUT2D eigenvalue weighted by Gasteiger charge is -2.05. The van der Waals surface area contributed by atoms with Gasteiger partial charge in [0.1, 0.15) is 0 Å². The second kappa shape index (κ2) is 4.75. The number of nitriles is 1. The van der Waals surface area contributed by atoms with Crippen molar-refractivity contribution in [2.75, 3.05) is 0 Å². The molecule has 2 heterocycles. The number of aromatic nitrogens is 2. The van der Waals surface area contributed by atoms with E-state index in [2.05, 4.69) is 11.2 Å². The second-order valence-electron chi connectivity index (χ2n) is 4.23. The van der Waals surface area contributed by atoms with Crippen LogP contribution < -0.4 is 0 Å². The minimum Gasteiger partial charge on any atom is -0.241 e. The average Bonchev–Trinajstić information content (AvgIpc) is 2.82. The number of rotatable bonds is 2. The molecule has 0 N–H and O–H groups in total. The van der Waals surface area contributed by atoms with Crippen molar-refractivity contribution >= 4 is 17.1 Å². The molecule has 3 rings (SSSR count). The summed E-state index contributed by atoms with van der Waals surface area (Å²) in [5, 5.41) is 13.8. The summed E-state index contributed by atoms with van der Waals surface area (Å²) in [4.78, 5) is 0. The zero-order valence-corrected chi connectivity index (χ0v) is 10.8. The summed E-state index contributed by atoms with van der Waals surface area (Å²) < 4.78 is 1.77. The van der Waals surface area contributed by atoms with Crippen molar-refractivity contribution in [1.29, 1.82) is 5.26 Å². The summed E-state index contributed by atoms with van der Waals surface area (Å²) in [6.45, 7) is 0. The van der Waals surface area contributed by atoms with Crippen molar-refractivity contribution in [1.82, 2.24) is 9.61 Å². The monoisotopic (exact) mass is 267 g/mol. The molecule has 0 bridgehead atoms. The molecule has 0 atom stereocenters. The molecule has 0 radical (unpaired) electrons. The number of fused-ring (bicyclic) bond motifs is 1. The Bertz CT molecular complexity index is 783. The van der Waals surface area contributed by atoms with Crippen LogP contribution in [0.25, 0.3) is 16.6 Å². The lowest BCUT2D eigenvalue weighted by molar-refractivity contribution is 0.962. The quantitative estimate of drug-likeness (QED) is 0.710. The Kier molecular flexibility index (Phi) is 2.94. The van der Waals surface area contributed by atoms with Crippen LogP contribution in [0.1, 0.15) is 5.56 Å². The standard InChI is InChI=1S/C15H10ClN3/c16-14-4-2-1-3-13(14)11-6-8-19-15(9-11)12(5-7-17)10-18-19/h1-4,6,8-10H,5H2. The highest BCUT2D eigenvalue weighted by atomic mass is 35.5. The topological polar surface area (TPSA) is 41.1 Å². The first-order valence-electron chi connectivity index (χ1n) is 5.88.